The van der Waals surface area contributed by atoms with Crippen LogP contribution in [-0.4, -0.2) is 38.7 Å². The number of benzene rings is 1. The van der Waals surface area contributed by atoms with E-state index in [1.165, 1.54) is 0 Å². The first-order valence-corrected chi connectivity index (χ1v) is 6.47. The van der Waals surface area contributed by atoms with Crippen molar-refractivity contribution >= 4 is 33.6 Å². The van der Waals surface area contributed by atoms with Crippen molar-refractivity contribution in [1.29, 1.82) is 0 Å². The normalized spacial score (nSPS) is 9.79. The molecule has 0 radical (unpaired) electrons. The highest BCUT2D eigenvalue weighted by Gasteiger charge is 2.05. The SMILES string of the molecule is COCCNC(=O)CNC(=O)Nc1cccc(Br)c1. The Morgan fingerprint density at radius 2 is 2.11 bits per heavy atom. The number of amides is 3. The van der Waals surface area contributed by atoms with Gasteiger partial charge >= 0.3 is 6.03 Å². The van der Waals surface area contributed by atoms with E-state index >= 15 is 0 Å². The molecule has 0 aliphatic heterocycles. The summed E-state index contributed by atoms with van der Waals surface area (Å²) in [5, 5.41) is 7.68. The Morgan fingerprint density at radius 3 is 2.79 bits per heavy atom. The monoisotopic (exact) mass is 329 g/mol. The minimum Gasteiger partial charge on any atom is -0.383 e. The maximum Gasteiger partial charge on any atom is 0.319 e. The van der Waals surface area contributed by atoms with Gasteiger partial charge in [-0.15, -0.1) is 0 Å². The number of rotatable bonds is 6. The largest absolute Gasteiger partial charge is 0.383 e. The van der Waals surface area contributed by atoms with Crippen molar-refractivity contribution in [2.75, 3.05) is 32.1 Å². The zero-order valence-corrected chi connectivity index (χ0v) is 12.1. The summed E-state index contributed by atoms with van der Waals surface area (Å²) in [6.45, 7) is 0.782. The lowest BCUT2D eigenvalue weighted by molar-refractivity contribution is -0.120. The predicted molar refractivity (Wildman–Crippen MR) is 76.0 cm³/mol. The molecule has 0 unspecified atom stereocenters. The van der Waals surface area contributed by atoms with Crippen LogP contribution in [0.4, 0.5) is 10.5 Å². The summed E-state index contributed by atoms with van der Waals surface area (Å²) in [4.78, 5) is 22.8. The number of urea groups is 1. The van der Waals surface area contributed by atoms with Crippen molar-refractivity contribution in [3.63, 3.8) is 0 Å². The molecule has 1 aromatic carbocycles. The summed E-state index contributed by atoms with van der Waals surface area (Å²) >= 11 is 3.30. The van der Waals surface area contributed by atoms with Crippen LogP contribution in [0.5, 0.6) is 0 Å². The van der Waals surface area contributed by atoms with E-state index in [1.54, 1.807) is 25.3 Å². The molecule has 0 fully saturated rings. The third kappa shape index (κ3) is 6.78. The van der Waals surface area contributed by atoms with E-state index in [2.05, 4.69) is 31.9 Å². The molecule has 0 aromatic heterocycles. The number of hydrogen-bond donors (Lipinski definition) is 3. The van der Waals surface area contributed by atoms with Crippen LogP contribution >= 0.6 is 15.9 Å². The molecule has 0 aliphatic carbocycles. The second-order valence-corrected chi connectivity index (χ2v) is 4.58. The van der Waals surface area contributed by atoms with E-state index < -0.39 is 6.03 Å². The Kier molecular flexibility index (Phi) is 6.91. The van der Waals surface area contributed by atoms with Gasteiger partial charge in [0.2, 0.25) is 5.91 Å². The van der Waals surface area contributed by atoms with Gasteiger partial charge in [0.1, 0.15) is 0 Å². The predicted octanol–water partition coefficient (Wildman–Crippen LogP) is 1.33. The minimum atomic E-state index is -0.431. The number of anilines is 1. The van der Waals surface area contributed by atoms with Gasteiger partial charge in [0.15, 0.2) is 0 Å². The summed E-state index contributed by atoms with van der Waals surface area (Å²) in [6.07, 6.45) is 0. The molecule has 0 atom stereocenters. The highest BCUT2D eigenvalue weighted by atomic mass is 79.9. The first kappa shape index (κ1) is 15.5. The molecule has 1 rings (SSSR count). The van der Waals surface area contributed by atoms with E-state index in [1.807, 2.05) is 6.07 Å². The van der Waals surface area contributed by atoms with Crippen LogP contribution < -0.4 is 16.0 Å². The van der Waals surface area contributed by atoms with Crippen LogP contribution in [0.2, 0.25) is 0 Å². The van der Waals surface area contributed by atoms with Gasteiger partial charge in [-0.3, -0.25) is 4.79 Å². The molecular formula is C12H16BrN3O3. The topological polar surface area (TPSA) is 79.5 Å². The van der Waals surface area contributed by atoms with Crippen molar-refractivity contribution in [2.24, 2.45) is 0 Å². The van der Waals surface area contributed by atoms with Crippen LogP contribution in [0.3, 0.4) is 0 Å². The van der Waals surface area contributed by atoms with Gasteiger partial charge in [-0.05, 0) is 18.2 Å². The molecule has 19 heavy (non-hydrogen) atoms. The summed E-state index contributed by atoms with van der Waals surface area (Å²) in [6, 6.07) is 6.74. The Bertz CT molecular complexity index is 440. The molecule has 0 spiro atoms. The maximum absolute atomic E-state index is 11.5. The van der Waals surface area contributed by atoms with Gasteiger partial charge in [-0.1, -0.05) is 22.0 Å². The third-order valence-corrected chi connectivity index (χ3v) is 2.61. The number of hydrogen-bond acceptors (Lipinski definition) is 3. The zero-order valence-electron chi connectivity index (χ0n) is 10.5. The van der Waals surface area contributed by atoms with Crippen LogP contribution in [0.25, 0.3) is 0 Å². The average molecular weight is 330 g/mol. The van der Waals surface area contributed by atoms with Crippen molar-refractivity contribution in [3.05, 3.63) is 28.7 Å². The Morgan fingerprint density at radius 1 is 1.32 bits per heavy atom. The lowest BCUT2D eigenvalue weighted by atomic mass is 10.3. The first-order valence-electron chi connectivity index (χ1n) is 5.68. The second-order valence-electron chi connectivity index (χ2n) is 3.66. The molecule has 7 heteroatoms. The molecule has 3 amide bonds. The molecule has 0 aliphatic rings. The summed E-state index contributed by atoms with van der Waals surface area (Å²) in [5.74, 6) is -0.263. The maximum atomic E-state index is 11.5. The van der Waals surface area contributed by atoms with Crippen LogP contribution in [-0.2, 0) is 9.53 Å². The smallest absolute Gasteiger partial charge is 0.319 e. The van der Waals surface area contributed by atoms with Crippen molar-refractivity contribution in [2.45, 2.75) is 0 Å². The highest BCUT2D eigenvalue weighted by molar-refractivity contribution is 9.10. The van der Waals surface area contributed by atoms with Crippen molar-refractivity contribution < 1.29 is 14.3 Å². The standard InChI is InChI=1S/C12H16BrN3O3/c1-19-6-5-14-11(17)8-15-12(18)16-10-4-2-3-9(13)7-10/h2-4,7H,5-6,8H2,1H3,(H,14,17)(H2,15,16,18). The fourth-order valence-electron chi connectivity index (χ4n) is 1.26. The van der Waals surface area contributed by atoms with Crippen LogP contribution in [0.15, 0.2) is 28.7 Å². The minimum absolute atomic E-state index is 0.0798. The molecule has 0 bridgehead atoms. The number of carbonyl (C=O) groups excluding carboxylic acids is 2. The quantitative estimate of drug-likeness (QED) is 0.689. The van der Waals surface area contributed by atoms with Crippen molar-refractivity contribution in [3.8, 4) is 0 Å². The molecule has 104 valence electrons. The Balaban J connectivity index is 2.26. The van der Waals surface area contributed by atoms with Gasteiger partial charge in [-0.25, -0.2) is 4.79 Å². The van der Waals surface area contributed by atoms with Gasteiger partial charge in [-0.2, -0.15) is 0 Å². The number of ether oxygens (including phenoxy) is 1. The molecular weight excluding hydrogens is 314 g/mol. The Hall–Kier alpha value is -1.60. The molecule has 0 saturated carbocycles. The molecule has 6 nitrogen and oxygen atoms in total. The van der Waals surface area contributed by atoms with Gasteiger partial charge in [0, 0.05) is 23.8 Å². The third-order valence-electron chi connectivity index (χ3n) is 2.12. The first-order chi connectivity index (χ1) is 9.11. The lowest BCUT2D eigenvalue weighted by Crippen LogP contribution is -2.39. The van der Waals surface area contributed by atoms with Crippen molar-refractivity contribution in [1.82, 2.24) is 10.6 Å². The molecule has 1 aromatic rings. The number of methoxy groups -OCH3 is 1. The number of nitrogens with one attached hydrogen (secondary N) is 3. The Labute approximate surface area is 120 Å². The van der Waals surface area contributed by atoms with Crippen LogP contribution in [0.1, 0.15) is 0 Å². The van der Waals surface area contributed by atoms with Gasteiger partial charge < -0.3 is 20.7 Å². The zero-order chi connectivity index (χ0) is 14.1. The fraction of sp³-hybridized carbons (Fsp3) is 0.333. The van der Waals surface area contributed by atoms with Crippen LogP contribution in [0, 0.1) is 0 Å². The van der Waals surface area contributed by atoms with E-state index in [0.717, 1.165) is 4.47 Å². The summed E-state index contributed by atoms with van der Waals surface area (Å²) in [7, 11) is 1.55. The molecule has 3 N–H and O–H groups in total. The van der Waals surface area contributed by atoms with E-state index in [0.29, 0.717) is 18.8 Å². The average Bonchev–Trinajstić information content (AvgIpc) is 2.37. The molecule has 0 saturated heterocycles. The van der Waals surface area contributed by atoms with Gasteiger partial charge in [0.25, 0.3) is 0 Å². The highest BCUT2D eigenvalue weighted by Crippen LogP contribution is 2.15. The molecule has 0 heterocycles. The van der Waals surface area contributed by atoms with E-state index in [9.17, 15) is 9.59 Å². The number of halogens is 1. The van der Waals surface area contributed by atoms with E-state index in [-0.39, 0.29) is 12.5 Å². The fourth-order valence-corrected chi connectivity index (χ4v) is 1.66. The summed E-state index contributed by atoms with van der Waals surface area (Å²) in [5.41, 5.74) is 0.645. The lowest BCUT2D eigenvalue weighted by Gasteiger charge is -2.08. The number of carbonyl (C=O) groups is 2. The van der Waals surface area contributed by atoms with E-state index in [4.69, 9.17) is 4.74 Å². The van der Waals surface area contributed by atoms with Gasteiger partial charge in [0.05, 0.1) is 13.2 Å². The second kappa shape index (κ2) is 8.49. The summed E-state index contributed by atoms with van der Waals surface area (Å²) < 4.78 is 5.65.